The Labute approximate surface area is 115 Å². The summed E-state index contributed by atoms with van der Waals surface area (Å²) in [6, 6.07) is 0. The Balaban J connectivity index is 2.18. The fourth-order valence-electron chi connectivity index (χ4n) is 2.13. The van der Waals surface area contributed by atoms with Crippen molar-refractivity contribution in [3.05, 3.63) is 16.4 Å². The molecule has 0 unspecified atom stereocenters. The smallest absolute Gasteiger partial charge is 0.353 e. The van der Waals surface area contributed by atoms with E-state index in [1.54, 1.807) is 7.05 Å². The van der Waals surface area contributed by atoms with Crippen LogP contribution in [0.3, 0.4) is 0 Å². The largest absolute Gasteiger partial charge is 0.367 e. The molecule has 0 saturated heterocycles. The van der Waals surface area contributed by atoms with Crippen LogP contribution >= 0.6 is 11.8 Å². The predicted octanol–water partition coefficient (Wildman–Crippen LogP) is 2.12. The minimum Gasteiger partial charge on any atom is -0.367 e. The van der Waals surface area contributed by atoms with Crippen LogP contribution in [0.4, 0.5) is 17.3 Å². The van der Waals surface area contributed by atoms with Gasteiger partial charge in [-0.05, 0) is 19.1 Å². The first kappa shape index (κ1) is 13.9. The highest BCUT2D eigenvalue weighted by Gasteiger charge is 2.36. The maximum absolute atomic E-state index is 11.1. The van der Waals surface area contributed by atoms with E-state index in [-0.39, 0.29) is 22.1 Å². The van der Waals surface area contributed by atoms with Gasteiger partial charge in [0.2, 0.25) is 11.6 Å². The normalized spacial score (nSPS) is 16.5. The van der Waals surface area contributed by atoms with E-state index in [0.29, 0.717) is 6.54 Å². The molecule has 0 atom stereocenters. The number of thioether (sulfide) groups is 1. The number of hydrogen-bond acceptors (Lipinski definition) is 7. The standard InChI is InChI=1S/C11H17N5O2S/c1-12-9-8(16(17)18)10(15-7-14-9)13-6-11(19-2)4-3-5-11/h7H,3-6H2,1-2H3,(H2,12,13,14,15). The number of nitro groups is 1. The quantitative estimate of drug-likeness (QED) is 0.610. The fourth-order valence-corrected chi connectivity index (χ4v) is 3.05. The van der Waals surface area contributed by atoms with Crippen molar-refractivity contribution < 1.29 is 4.92 Å². The Bertz CT molecular complexity index is 473. The lowest BCUT2D eigenvalue weighted by atomic mass is 9.84. The molecule has 1 aliphatic carbocycles. The summed E-state index contributed by atoms with van der Waals surface area (Å²) in [5, 5.41) is 16.9. The molecule has 0 radical (unpaired) electrons. The molecule has 1 fully saturated rings. The second-order valence-electron chi connectivity index (χ2n) is 4.52. The first-order chi connectivity index (χ1) is 9.12. The van der Waals surface area contributed by atoms with Gasteiger partial charge in [0, 0.05) is 18.3 Å². The molecule has 1 aliphatic rings. The van der Waals surface area contributed by atoms with Crippen LogP contribution in [0.15, 0.2) is 6.33 Å². The zero-order valence-electron chi connectivity index (χ0n) is 11.0. The molecule has 1 aromatic heterocycles. The summed E-state index contributed by atoms with van der Waals surface area (Å²) in [5.41, 5.74) is -0.0967. The van der Waals surface area contributed by atoms with Gasteiger partial charge in [-0.1, -0.05) is 6.42 Å². The molecule has 0 bridgehead atoms. The van der Waals surface area contributed by atoms with Crippen LogP contribution in [-0.2, 0) is 0 Å². The lowest BCUT2D eigenvalue weighted by molar-refractivity contribution is -0.383. The summed E-state index contributed by atoms with van der Waals surface area (Å²) < 4.78 is 0.193. The lowest BCUT2D eigenvalue weighted by Crippen LogP contribution is -2.40. The van der Waals surface area contributed by atoms with E-state index in [1.165, 1.54) is 12.7 Å². The Kier molecular flexibility index (Phi) is 4.08. The highest BCUT2D eigenvalue weighted by atomic mass is 32.2. The summed E-state index contributed by atoms with van der Waals surface area (Å²) in [5.74, 6) is 0.513. The van der Waals surface area contributed by atoms with E-state index in [0.717, 1.165) is 12.8 Å². The molecule has 1 aromatic rings. The molecule has 8 heteroatoms. The van der Waals surface area contributed by atoms with Gasteiger partial charge in [-0.25, -0.2) is 9.97 Å². The van der Waals surface area contributed by atoms with E-state index < -0.39 is 4.92 Å². The van der Waals surface area contributed by atoms with Gasteiger partial charge in [-0.3, -0.25) is 10.1 Å². The summed E-state index contributed by atoms with van der Waals surface area (Å²) in [4.78, 5) is 18.5. The molecule has 104 valence electrons. The Morgan fingerprint density at radius 3 is 2.63 bits per heavy atom. The second-order valence-corrected chi connectivity index (χ2v) is 5.80. The first-order valence-corrected chi connectivity index (χ1v) is 7.30. The molecule has 0 aromatic carbocycles. The summed E-state index contributed by atoms with van der Waals surface area (Å²) in [7, 11) is 1.61. The van der Waals surface area contributed by atoms with Crippen molar-refractivity contribution >= 4 is 29.1 Å². The highest BCUT2D eigenvalue weighted by molar-refractivity contribution is 8.00. The maximum atomic E-state index is 11.1. The van der Waals surface area contributed by atoms with Gasteiger partial charge < -0.3 is 10.6 Å². The van der Waals surface area contributed by atoms with Gasteiger partial charge in [0.15, 0.2) is 0 Å². The van der Waals surface area contributed by atoms with Crippen molar-refractivity contribution in [3.8, 4) is 0 Å². The van der Waals surface area contributed by atoms with Gasteiger partial charge >= 0.3 is 5.69 Å². The summed E-state index contributed by atoms with van der Waals surface area (Å²) in [6.07, 6.45) is 6.90. The van der Waals surface area contributed by atoms with Gasteiger partial charge in [0.05, 0.1) is 4.92 Å². The third-order valence-corrected chi connectivity index (χ3v) is 4.94. The topological polar surface area (TPSA) is 93.0 Å². The van der Waals surface area contributed by atoms with E-state index in [2.05, 4.69) is 26.9 Å². The molecular weight excluding hydrogens is 266 g/mol. The van der Waals surface area contributed by atoms with Crippen molar-refractivity contribution in [3.63, 3.8) is 0 Å². The van der Waals surface area contributed by atoms with Crippen molar-refractivity contribution in [2.24, 2.45) is 0 Å². The second kappa shape index (κ2) is 5.60. The van der Waals surface area contributed by atoms with E-state index in [1.807, 2.05) is 11.8 Å². The van der Waals surface area contributed by atoms with Crippen LogP contribution in [0.5, 0.6) is 0 Å². The predicted molar refractivity (Wildman–Crippen MR) is 76.8 cm³/mol. The minimum atomic E-state index is -0.458. The monoisotopic (exact) mass is 283 g/mol. The van der Waals surface area contributed by atoms with E-state index in [4.69, 9.17) is 0 Å². The van der Waals surface area contributed by atoms with Crippen LogP contribution in [-0.4, -0.2) is 39.5 Å². The maximum Gasteiger partial charge on any atom is 0.353 e. The SMILES string of the molecule is CNc1ncnc(NCC2(SC)CCC2)c1[N+](=O)[O-]. The number of nitrogens with zero attached hydrogens (tertiary/aromatic N) is 3. The molecule has 0 aliphatic heterocycles. The summed E-state index contributed by atoms with van der Waals surface area (Å²) in [6.45, 7) is 0.690. The highest BCUT2D eigenvalue weighted by Crippen LogP contribution is 2.43. The van der Waals surface area contributed by atoms with Crippen LogP contribution in [0.1, 0.15) is 19.3 Å². The molecule has 2 N–H and O–H groups in total. The lowest BCUT2D eigenvalue weighted by Gasteiger charge is -2.40. The third-order valence-electron chi connectivity index (χ3n) is 3.52. The average molecular weight is 283 g/mol. The van der Waals surface area contributed by atoms with E-state index >= 15 is 0 Å². The fraction of sp³-hybridized carbons (Fsp3) is 0.636. The van der Waals surface area contributed by atoms with Gasteiger partial charge in [0.25, 0.3) is 0 Å². The van der Waals surface area contributed by atoms with E-state index in [9.17, 15) is 10.1 Å². The van der Waals surface area contributed by atoms with Crippen LogP contribution < -0.4 is 10.6 Å². The van der Waals surface area contributed by atoms with Crippen LogP contribution in [0.25, 0.3) is 0 Å². The van der Waals surface area contributed by atoms with Crippen molar-refractivity contribution in [1.29, 1.82) is 0 Å². The Morgan fingerprint density at radius 2 is 2.16 bits per heavy atom. The Morgan fingerprint density at radius 1 is 1.47 bits per heavy atom. The molecule has 0 spiro atoms. The number of hydrogen-bond donors (Lipinski definition) is 2. The van der Waals surface area contributed by atoms with Crippen molar-refractivity contribution in [1.82, 2.24) is 9.97 Å². The molecule has 19 heavy (non-hydrogen) atoms. The zero-order chi connectivity index (χ0) is 13.9. The summed E-state index contributed by atoms with van der Waals surface area (Å²) >= 11 is 1.81. The molecule has 0 amide bonds. The number of aromatic nitrogens is 2. The van der Waals surface area contributed by atoms with Crippen molar-refractivity contribution in [2.75, 3.05) is 30.5 Å². The van der Waals surface area contributed by atoms with Crippen LogP contribution in [0, 0.1) is 10.1 Å². The third kappa shape index (κ3) is 2.73. The van der Waals surface area contributed by atoms with Crippen LogP contribution in [0.2, 0.25) is 0 Å². The molecule has 2 rings (SSSR count). The minimum absolute atomic E-state index is 0.0967. The molecule has 1 saturated carbocycles. The number of anilines is 2. The van der Waals surface area contributed by atoms with Gasteiger partial charge in [-0.2, -0.15) is 11.8 Å². The zero-order valence-corrected chi connectivity index (χ0v) is 11.8. The average Bonchev–Trinajstić information content (AvgIpc) is 2.37. The molecular formula is C11H17N5O2S. The van der Waals surface area contributed by atoms with Gasteiger partial charge in [0.1, 0.15) is 6.33 Å². The number of rotatable bonds is 6. The Hall–Kier alpha value is -1.57. The number of nitrogens with one attached hydrogen (secondary N) is 2. The molecule has 7 nitrogen and oxygen atoms in total. The van der Waals surface area contributed by atoms with Crippen molar-refractivity contribution in [2.45, 2.75) is 24.0 Å². The first-order valence-electron chi connectivity index (χ1n) is 6.08. The van der Waals surface area contributed by atoms with Gasteiger partial charge in [-0.15, -0.1) is 0 Å². The molecule has 1 heterocycles.